The van der Waals surface area contributed by atoms with Gasteiger partial charge in [-0.3, -0.25) is 4.79 Å². The Balaban J connectivity index is 1.44. The van der Waals surface area contributed by atoms with Crippen molar-refractivity contribution in [2.75, 3.05) is 24.6 Å². The summed E-state index contributed by atoms with van der Waals surface area (Å²) in [7, 11) is 0. The highest BCUT2D eigenvalue weighted by atomic mass is 16.5. The minimum Gasteiger partial charge on any atom is -0.378 e. The van der Waals surface area contributed by atoms with Crippen molar-refractivity contribution >= 4 is 11.9 Å². The van der Waals surface area contributed by atoms with Gasteiger partial charge in [-0.1, -0.05) is 0 Å². The summed E-state index contributed by atoms with van der Waals surface area (Å²) in [5, 5.41) is 3.15. The van der Waals surface area contributed by atoms with Crippen LogP contribution in [0.5, 0.6) is 0 Å². The molecule has 22 heavy (non-hydrogen) atoms. The molecular formula is C16H24N4O2. The lowest BCUT2D eigenvalue weighted by atomic mass is 10.1. The summed E-state index contributed by atoms with van der Waals surface area (Å²) in [4.78, 5) is 22.8. The molecule has 1 amide bonds. The summed E-state index contributed by atoms with van der Waals surface area (Å²) in [5.74, 6) is 0.886. The van der Waals surface area contributed by atoms with E-state index in [9.17, 15) is 4.79 Å². The summed E-state index contributed by atoms with van der Waals surface area (Å²) < 4.78 is 5.56. The molecule has 1 aromatic rings. The Kier molecular flexibility index (Phi) is 5.21. The first kappa shape index (κ1) is 15.2. The maximum absolute atomic E-state index is 12.1. The number of hydrogen-bond acceptors (Lipinski definition) is 5. The smallest absolute Gasteiger partial charge is 0.225 e. The van der Waals surface area contributed by atoms with Gasteiger partial charge >= 0.3 is 0 Å². The van der Waals surface area contributed by atoms with Crippen LogP contribution in [-0.2, 0) is 9.53 Å². The van der Waals surface area contributed by atoms with Gasteiger partial charge in [0, 0.05) is 44.6 Å². The average molecular weight is 304 g/mol. The molecule has 0 aliphatic carbocycles. The maximum atomic E-state index is 12.1. The van der Waals surface area contributed by atoms with E-state index in [1.807, 2.05) is 6.07 Å². The Labute approximate surface area is 131 Å². The fourth-order valence-corrected chi connectivity index (χ4v) is 3.20. The Morgan fingerprint density at radius 2 is 2.18 bits per heavy atom. The van der Waals surface area contributed by atoms with Gasteiger partial charge in [0.1, 0.15) is 0 Å². The van der Waals surface area contributed by atoms with Crippen LogP contribution in [0.4, 0.5) is 5.95 Å². The maximum Gasteiger partial charge on any atom is 0.225 e. The van der Waals surface area contributed by atoms with Gasteiger partial charge < -0.3 is 15.0 Å². The standard InChI is InChI=1S/C16H24N4O2/c21-15(7-6-14-5-2-11-22-14)19-13-4-1-10-20(12-13)16-17-8-3-9-18-16/h3,8-9,13-14H,1-2,4-7,10-12H2,(H,19,21). The SMILES string of the molecule is O=C(CCC1CCCO1)NC1CCCN(c2ncccn2)C1. The van der Waals surface area contributed by atoms with Gasteiger partial charge in [0.15, 0.2) is 0 Å². The van der Waals surface area contributed by atoms with E-state index in [2.05, 4.69) is 20.2 Å². The summed E-state index contributed by atoms with van der Waals surface area (Å²) in [6.07, 6.45) is 9.48. The second kappa shape index (κ2) is 7.54. The third kappa shape index (κ3) is 4.16. The molecule has 0 spiro atoms. The first-order valence-corrected chi connectivity index (χ1v) is 8.24. The zero-order chi connectivity index (χ0) is 15.2. The fraction of sp³-hybridized carbons (Fsp3) is 0.688. The molecule has 6 nitrogen and oxygen atoms in total. The molecule has 2 saturated heterocycles. The Morgan fingerprint density at radius 3 is 2.95 bits per heavy atom. The van der Waals surface area contributed by atoms with Crippen molar-refractivity contribution in [3.63, 3.8) is 0 Å². The molecule has 1 aromatic heterocycles. The van der Waals surface area contributed by atoms with E-state index in [4.69, 9.17) is 4.74 Å². The van der Waals surface area contributed by atoms with Crippen molar-refractivity contribution < 1.29 is 9.53 Å². The quantitative estimate of drug-likeness (QED) is 0.893. The summed E-state index contributed by atoms with van der Waals surface area (Å²) in [6, 6.07) is 2.01. The fourth-order valence-electron chi connectivity index (χ4n) is 3.20. The zero-order valence-electron chi connectivity index (χ0n) is 12.9. The van der Waals surface area contributed by atoms with Gasteiger partial charge in [-0.2, -0.15) is 0 Å². The van der Waals surface area contributed by atoms with Crippen LogP contribution in [0.25, 0.3) is 0 Å². The zero-order valence-corrected chi connectivity index (χ0v) is 12.9. The lowest BCUT2D eigenvalue weighted by Crippen LogP contribution is -2.48. The molecule has 2 atom stereocenters. The molecule has 2 aliphatic rings. The van der Waals surface area contributed by atoms with Crippen LogP contribution in [0.3, 0.4) is 0 Å². The van der Waals surface area contributed by atoms with Crippen molar-refractivity contribution in [2.45, 2.75) is 50.7 Å². The molecule has 0 bridgehead atoms. The predicted octanol–water partition coefficient (Wildman–Crippen LogP) is 1.52. The molecule has 0 radical (unpaired) electrons. The Bertz CT molecular complexity index is 476. The molecule has 3 heterocycles. The number of carbonyl (C=O) groups excluding carboxylic acids is 1. The highest BCUT2D eigenvalue weighted by Gasteiger charge is 2.23. The van der Waals surface area contributed by atoms with Crippen molar-refractivity contribution in [3.05, 3.63) is 18.5 Å². The van der Waals surface area contributed by atoms with E-state index in [0.717, 1.165) is 57.7 Å². The van der Waals surface area contributed by atoms with E-state index in [0.29, 0.717) is 6.42 Å². The molecule has 2 unspecified atom stereocenters. The van der Waals surface area contributed by atoms with Crippen molar-refractivity contribution in [2.24, 2.45) is 0 Å². The minimum absolute atomic E-state index is 0.135. The van der Waals surface area contributed by atoms with E-state index < -0.39 is 0 Å². The predicted molar refractivity (Wildman–Crippen MR) is 83.6 cm³/mol. The molecule has 6 heteroatoms. The normalized spacial score (nSPS) is 25.2. The lowest BCUT2D eigenvalue weighted by molar-refractivity contribution is -0.122. The molecule has 0 aromatic carbocycles. The average Bonchev–Trinajstić information content (AvgIpc) is 3.08. The minimum atomic E-state index is 0.135. The second-order valence-electron chi connectivity index (χ2n) is 6.08. The number of hydrogen-bond donors (Lipinski definition) is 1. The molecule has 0 saturated carbocycles. The number of aromatic nitrogens is 2. The molecule has 3 rings (SSSR count). The number of rotatable bonds is 5. The third-order valence-corrected chi connectivity index (χ3v) is 4.34. The van der Waals surface area contributed by atoms with E-state index in [1.165, 1.54) is 0 Å². The summed E-state index contributed by atoms with van der Waals surface area (Å²) in [6.45, 7) is 2.59. The van der Waals surface area contributed by atoms with Crippen LogP contribution in [-0.4, -0.2) is 47.7 Å². The summed E-state index contributed by atoms with van der Waals surface area (Å²) >= 11 is 0. The van der Waals surface area contributed by atoms with Crippen LogP contribution in [0.1, 0.15) is 38.5 Å². The van der Waals surface area contributed by atoms with Crippen LogP contribution in [0, 0.1) is 0 Å². The van der Waals surface area contributed by atoms with Crippen LogP contribution in [0.2, 0.25) is 0 Å². The highest BCUT2D eigenvalue weighted by molar-refractivity contribution is 5.76. The van der Waals surface area contributed by atoms with Gasteiger partial charge in [0.05, 0.1) is 6.10 Å². The number of amides is 1. The van der Waals surface area contributed by atoms with E-state index in [1.54, 1.807) is 12.4 Å². The lowest BCUT2D eigenvalue weighted by Gasteiger charge is -2.33. The number of piperidine rings is 1. The highest BCUT2D eigenvalue weighted by Crippen LogP contribution is 2.18. The van der Waals surface area contributed by atoms with Crippen molar-refractivity contribution in [1.29, 1.82) is 0 Å². The van der Waals surface area contributed by atoms with Crippen LogP contribution in [0.15, 0.2) is 18.5 Å². The Morgan fingerprint density at radius 1 is 1.32 bits per heavy atom. The second-order valence-corrected chi connectivity index (χ2v) is 6.08. The largest absolute Gasteiger partial charge is 0.378 e. The molecule has 2 aliphatic heterocycles. The van der Waals surface area contributed by atoms with Gasteiger partial charge in [-0.15, -0.1) is 0 Å². The number of carbonyl (C=O) groups is 1. The number of nitrogens with one attached hydrogen (secondary N) is 1. The first-order chi connectivity index (χ1) is 10.8. The Hall–Kier alpha value is -1.69. The van der Waals surface area contributed by atoms with Crippen LogP contribution >= 0.6 is 0 Å². The summed E-state index contributed by atoms with van der Waals surface area (Å²) in [5.41, 5.74) is 0. The van der Waals surface area contributed by atoms with Crippen molar-refractivity contribution in [3.8, 4) is 0 Å². The molecule has 120 valence electrons. The van der Waals surface area contributed by atoms with Gasteiger partial charge in [-0.05, 0) is 38.2 Å². The third-order valence-electron chi connectivity index (χ3n) is 4.34. The monoisotopic (exact) mass is 304 g/mol. The topological polar surface area (TPSA) is 67.3 Å². The van der Waals surface area contributed by atoms with Gasteiger partial charge in [0.2, 0.25) is 11.9 Å². The van der Waals surface area contributed by atoms with Gasteiger partial charge in [0.25, 0.3) is 0 Å². The van der Waals surface area contributed by atoms with E-state index in [-0.39, 0.29) is 18.1 Å². The van der Waals surface area contributed by atoms with Crippen LogP contribution < -0.4 is 10.2 Å². The molecule has 1 N–H and O–H groups in total. The van der Waals surface area contributed by atoms with Gasteiger partial charge in [-0.25, -0.2) is 9.97 Å². The molecular weight excluding hydrogens is 280 g/mol. The molecule has 2 fully saturated rings. The number of ether oxygens (including phenoxy) is 1. The number of anilines is 1. The van der Waals surface area contributed by atoms with Crippen molar-refractivity contribution in [1.82, 2.24) is 15.3 Å². The van der Waals surface area contributed by atoms with E-state index >= 15 is 0 Å². The first-order valence-electron chi connectivity index (χ1n) is 8.24. The number of nitrogens with zero attached hydrogens (tertiary/aromatic N) is 3.